The molecule has 1 aliphatic rings. The highest BCUT2D eigenvalue weighted by molar-refractivity contribution is 4.81. The van der Waals surface area contributed by atoms with Gasteiger partial charge in [-0.15, -0.1) is 0 Å². The molecule has 1 fully saturated rings. The molecule has 2 heteroatoms. The van der Waals surface area contributed by atoms with Crippen molar-refractivity contribution in [3.05, 3.63) is 0 Å². The van der Waals surface area contributed by atoms with Gasteiger partial charge in [0.1, 0.15) is 0 Å². The Bertz CT molecular complexity index is 121. The normalized spacial score (nSPS) is 21.8. The molecule has 0 N–H and O–H groups in total. The molecule has 11 heavy (non-hydrogen) atoms. The Balaban J connectivity index is 2.11. The Morgan fingerprint density at radius 1 is 1.45 bits per heavy atom. The average molecular weight is 157 g/mol. The van der Waals surface area contributed by atoms with Crippen LogP contribution in [-0.4, -0.2) is 38.3 Å². The molecular weight excluding hydrogens is 138 g/mol. The average Bonchev–Trinajstić information content (AvgIpc) is 1.96. The van der Waals surface area contributed by atoms with Gasteiger partial charge in [0.05, 0.1) is 13.2 Å². The summed E-state index contributed by atoms with van der Waals surface area (Å²) < 4.78 is 5.19. The van der Waals surface area contributed by atoms with E-state index in [2.05, 4.69) is 25.8 Å². The summed E-state index contributed by atoms with van der Waals surface area (Å²) >= 11 is 0. The van der Waals surface area contributed by atoms with E-state index in [4.69, 9.17) is 4.74 Å². The topological polar surface area (TPSA) is 12.5 Å². The maximum absolute atomic E-state index is 5.19. The molecule has 0 spiro atoms. The Hall–Kier alpha value is -0.0800. The van der Waals surface area contributed by atoms with Gasteiger partial charge >= 0.3 is 0 Å². The molecule has 0 aromatic heterocycles. The quantitative estimate of drug-likeness (QED) is 0.611. The van der Waals surface area contributed by atoms with Gasteiger partial charge in [0, 0.05) is 5.41 Å². The fourth-order valence-corrected chi connectivity index (χ4v) is 1.21. The van der Waals surface area contributed by atoms with E-state index in [1.165, 1.54) is 13.0 Å². The molecule has 1 rings (SSSR count). The van der Waals surface area contributed by atoms with Crippen molar-refractivity contribution in [1.82, 2.24) is 4.90 Å². The van der Waals surface area contributed by atoms with Gasteiger partial charge in [0.25, 0.3) is 0 Å². The van der Waals surface area contributed by atoms with Crippen LogP contribution in [0.4, 0.5) is 0 Å². The highest BCUT2D eigenvalue weighted by Gasteiger charge is 2.32. The van der Waals surface area contributed by atoms with Crippen LogP contribution in [0.2, 0.25) is 0 Å². The zero-order chi connectivity index (χ0) is 8.32. The van der Waals surface area contributed by atoms with Crippen LogP contribution < -0.4 is 0 Å². The second-order valence-corrected chi connectivity index (χ2v) is 3.95. The van der Waals surface area contributed by atoms with Gasteiger partial charge in [-0.25, -0.2) is 0 Å². The van der Waals surface area contributed by atoms with E-state index in [9.17, 15) is 0 Å². The molecule has 1 saturated heterocycles. The standard InChI is InChI=1S/C9H19NO/c1-4-10(3)6-5-9(2)7-11-8-9/h4-8H2,1-3H3. The third-order valence-corrected chi connectivity index (χ3v) is 2.54. The molecule has 0 aromatic rings. The molecule has 0 aliphatic carbocycles. The first kappa shape index (κ1) is 9.01. The lowest BCUT2D eigenvalue weighted by atomic mass is 9.85. The van der Waals surface area contributed by atoms with Gasteiger partial charge in [0.2, 0.25) is 0 Å². The summed E-state index contributed by atoms with van der Waals surface area (Å²) in [5.74, 6) is 0. The maximum Gasteiger partial charge on any atom is 0.0542 e. The van der Waals surface area contributed by atoms with E-state index in [1.54, 1.807) is 0 Å². The van der Waals surface area contributed by atoms with Crippen LogP contribution in [0.5, 0.6) is 0 Å². The number of nitrogens with zero attached hydrogens (tertiary/aromatic N) is 1. The molecular formula is C9H19NO. The Kier molecular flexibility index (Phi) is 2.90. The van der Waals surface area contributed by atoms with Crippen LogP contribution in [-0.2, 0) is 4.74 Å². The fourth-order valence-electron chi connectivity index (χ4n) is 1.21. The molecule has 0 saturated carbocycles. The monoisotopic (exact) mass is 157 g/mol. The zero-order valence-electron chi connectivity index (χ0n) is 7.89. The van der Waals surface area contributed by atoms with Crippen molar-refractivity contribution in [3.8, 4) is 0 Å². The summed E-state index contributed by atoms with van der Waals surface area (Å²) in [6.45, 7) is 8.78. The summed E-state index contributed by atoms with van der Waals surface area (Å²) in [6.07, 6.45) is 1.28. The fraction of sp³-hybridized carbons (Fsp3) is 1.00. The van der Waals surface area contributed by atoms with Gasteiger partial charge in [-0.1, -0.05) is 13.8 Å². The molecule has 66 valence electrons. The molecule has 0 aromatic carbocycles. The van der Waals surface area contributed by atoms with E-state index >= 15 is 0 Å². The van der Waals surface area contributed by atoms with Crippen LogP contribution in [0.1, 0.15) is 20.3 Å². The second-order valence-electron chi connectivity index (χ2n) is 3.95. The van der Waals surface area contributed by atoms with Crippen LogP contribution >= 0.6 is 0 Å². The zero-order valence-corrected chi connectivity index (χ0v) is 7.89. The van der Waals surface area contributed by atoms with Crippen LogP contribution in [0.3, 0.4) is 0 Å². The Morgan fingerprint density at radius 3 is 2.45 bits per heavy atom. The number of rotatable bonds is 4. The van der Waals surface area contributed by atoms with Gasteiger partial charge in [-0.3, -0.25) is 0 Å². The van der Waals surface area contributed by atoms with E-state index in [0.717, 1.165) is 19.8 Å². The molecule has 0 bridgehead atoms. The van der Waals surface area contributed by atoms with Crippen molar-refractivity contribution in [3.63, 3.8) is 0 Å². The minimum atomic E-state index is 0.490. The van der Waals surface area contributed by atoms with Crippen molar-refractivity contribution in [2.24, 2.45) is 5.41 Å². The van der Waals surface area contributed by atoms with E-state index in [0.29, 0.717) is 5.41 Å². The lowest BCUT2D eigenvalue weighted by molar-refractivity contribution is -0.107. The van der Waals surface area contributed by atoms with E-state index in [1.807, 2.05) is 0 Å². The highest BCUT2D eigenvalue weighted by atomic mass is 16.5. The molecule has 1 heterocycles. The summed E-state index contributed by atoms with van der Waals surface area (Å²) in [6, 6.07) is 0. The number of hydrogen-bond donors (Lipinski definition) is 0. The van der Waals surface area contributed by atoms with Crippen molar-refractivity contribution >= 4 is 0 Å². The first-order valence-corrected chi connectivity index (χ1v) is 4.42. The van der Waals surface area contributed by atoms with Crippen molar-refractivity contribution in [2.45, 2.75) is 20.3 Å². The van der Waals surface area contributed by atoms with Crippen molar-refractivity contribution in [2.75, 3.05) is 33.4 Å². The minimum Gasteiger partial charge on any atom is -0.380 e. The second kappa shape index (κ2) is 3.55. The number of hydrogen-bond acceptors (Lipinski definition) is 2. The lowest BCUT2D eigenvalue weighted by Crippen LogP contribution is -2.42. The Morgan fingerprint density at radius 2 is 2.09 bits per heavy atom. The lowest BCUT2D eigenvalue weighted by Gasteiger charge is -2.39. The van der Waals surface area contributed by atoms with E-state index in [-0.39, 0.29) is 0 Å². The van der Waals surface area contributed by atoms with Crippen LogP contribution in [0.15, 0.2) is 0 Å². The van der Waals surface area contributed by atoms with Gasteiger partial charge in [0.15, 0.2) is 0 Å². The van der Waals surface area contributed by atoms with Gasteiger partial charge < -0.3 is 9.64 Å². The molecule has 2 nitrogen and oxygen atoms in total. The Labute approximate surface area is 69.5 Å². The van der Waals surface area contributed by atoms with Crippen molar-refractivity contribution < 1.29 is 4.74 Å². The van der Waals surface area contributed by atoms with Gasteiger partial charge in [-0.2, -0.15) is 0 Å². The summed E-state index contributed by atoms with van der Waals surface area (Å²) in [7, 11) is 2.17. The third-order valence-electron chi connectivity index (χ3n) is 2.54. The van der Waals surface area contributed by atoms with Crippen LogP contribution in [0, 0.1) is 5.41 Å². The molecule has 0 radical (unpaired) electrons. The molecule has 0 amide bonds. The largest absolute Gasteiger partial charge is 0.380 e. The predicted molar refractivity (Wildman–Crippen MR) is 46.7 cm³/mol. The summed E-state index contributed by atoms with van der Waals surface area (Å²) in [5.41, 5.74) is 0.490. The van der Waals surface area contributed by atoms with Crippen molar-refractivity contribution in [1.29, 1.82) is 0 Å². The first-order chi connectivity index (χ1) is 5.16. The van der Waals surface area contributed by atoms with Crippen LogP contribution in [0.25, 0.3) is 0 Å². The van der Waals surface area contributed by atoms with E-state index < -0.39 is 0 Å². The molecule has 0 unspecified atom stereocenters. The smallest absolute Gasteiger partial charge is 0.0542 e. The summed E-state index contributed by atoms with van der Waals surface area (Å²) in [4.78, 5) is 2.35. The highest BCUT2D eigenvalue weighted by Crippen LogP contribution is 2.30. The first-order valence-electron chi connectivity index (χ1n) is 4.42. The predicted octanol–water partition coefficient (Wildman–Crippen LogP) is 1.36. The maximum atomic E-state index is 5.19. The minimum absolute atomic E-state index is 0.490. The SMILES string of the molecule is CCN(C)CCC1(C)COC1. The molecule has 1 aliphatic heterocycles. The number of ether oxygens (including phenoxy) is 1. The molecule has 0 atom stereocenters. The summed E-state index contributed by atoms with van der Waals surface area (Å²) in [5, 5.41) is 0. The van der Waals surface area contributed by atoms with Gasteiger partial charge in [-0.05, 0) is 26.6 Å². The third kappa shape index (κ3) is 2.46.